The predicted molar refractivity (Wildman–Crippen MR) is 91.5 cm³/mol. The zero-order chi connectivity index (χ0) is 17.0. The molecule has 0 heterocycles. The van der Waals surface area contributed by atoms with Crippen molar-refractivity contribution in [2.24, 2.45) is 5.73 Å². The summed E-state index contributed by atoms with van der Waals surface area (Å²) >= 11 is 0. The molecule has 4 N–H and O–H groups in total. The summed E-state index contributed by atoms with van der Waals surface area (Å²) in [6, 6.07) is 9.37. The molecule has 2 aromatic carbocycles. The van der Waals surface area contributed by atoms with E-state index in [-0.39, 0.29) is 18.8 Å². The number of ether oxygens (including phenoxy) is 1. The Hall–Kier alpha value is -2.53. The Kier molecular flexibility index (Phi) is 5.24. The van der Waals surface area contributed by atoms with Gasteiger partial charge in [-0.2, -0.15) is 0 Å². The molecule has 0 aromatic heterocycles. The number of rotatable bonds is 6. The van der Waals surface area contributed by atoms with Crippen molar-refractivity contribution in [3.05, 3.63) is 52.6 Å². The van der Waals surface area contributed by atoms with Crippen LogP contribution >= 0.6 is 0 Å². The third kappa shape index (κ3) is 3.81. The molecule has 5 nitrogen and oxygen atoms in total. The van der Waals surface area contributed by atoms with Crippen LogP contribution in [0.3, 0.4) is 0 Å². The molecule has 0 aliphatic heterocycles. The second-order valence-corrected chi connectivity index (χ2v) is 5.51. The maximum Gasteiger partial charge on any atom is 0.254 e. The summed E-state index contributed by atoms with van der Waals surface area (Å²) in [5, 5.41) is 12.2. The lowest BCUT2D eigenvalue weighted by Crippen LogP contribution is -2.16. The summed E-state index contributed by atoms with van der Waals surface area (Å²) in [7, 11) is 0. The second-order valence-electron chi connectivity index (χ2n) is 5.51. The van der Waals surface area contributed by atoms with Gasteiger partial charge in [0, 0.05) is 5.69 Å². The fourth-order valence-electron chi connectivity index (χ4n) is 2.68. The lowest BCUT2D eigenvalue weighted by Gasteiger charge is -2.18. The predicted octanol–water partition coefficient (Wildman–Crippen LogP) is 2.83. The van der Waals surface area contributed by atoms with Gasteiger partial charge in [0.05, 0.1) is 12.3 Å². The number of amides is 1. The van der Waals surface area contributed by atoms with Gasteiger partial charge in [0.15, 0.2) is 0 Å². The molecule has 2 rings (SSSR count). The average Bonchev–Trinajstić information content (AvgIpc) is 2.48. The molecular weight excluding hydrogens is 292 g/mol. The highest BCUT2D eigenvalue weighted by Gasteiger charge is 2.16. The van der Waals surface area contributed by atoms with Gasteiger partial charge in [-0.05, 0) is 44.0 Å². The highest BCUT2D eigenvalue weighted by molar-refractivity contribution is 6.02. The first kappa shape index (κ1) is 16.8. The normalized spacial score (nSPS) is 10.4. The summed E-state index contributed by atoms with van der Waals surface area (Å²) in [6.45, 7) is 6.04. The van der Waals surface area contributed by atoms with Crippen molar-refractivity contribution < 1.29 is 14.6 Å². The first-order chi connectivity index (χ1) is 10.9. The van der Waals surface area contributed by atoms with E-state index in [1.54, 1.807) is 18.2 Å². The molecule has 0 aliphatic rings. The van der Waals surface area contributed by atoms with Gasteiger partial charge < -0.3 is 20.9 Å². The number of primary amides is 1. The van der Waals surface area contributed by atoms with E-state index in [2.05, 4.69) is 17.4 Å². The van der Waals surface area contributed by atoms with E-state index in [1.807, 2.05) is 20.8 Å². The van der Waals surface area contributed by atoms with E-state index in [9.17, 15) is 4.79 Å². The number of nitrogens with two attached hydrogens (primary N) is 1. The van der Waals surface area contributed by atoms with Crippen molar-refractivity contribution in [1.29, 1.82) is 0 Å². The number of aliphatic hydroxyl groups excluding tert-OH is 1. The largest absolute Gasteiger partial charge is 0.490 e. The fourth-order valence-corrected chi connectivity index (χ4v) is 2.68. The Morgan fingerprint density at radius 1 is 1.22 bits per heavy atom. The first-order valence-electron chi connectivity index (χ1n) is 7.45. The molecule has 0 aliphatic carbocycles. The number of hydrogen-bond donors (Lipinski definition) is 3. The second kappa shape index (κ2) is 7.15. The summed E-state index contributed by atoms with van der Waals surface area (Å²) in [4.78, 5) is 11.9. The lowest BCUT2D eigenvalue weighted by atomic mass is 10.0. The number of aliphatic hydroxyl groups is 1. The molecule has 1 amide bonds. The standard InChI is InChI=1S/C18H22N2O3/c1-11-9-12(2)17(13(3)10-11)20-14-5-4-6-15(23-8-7-21)16(14)18(19)22/h4-6,9-10,20-21H,7-8H2,1-3H3,(H2,19,22). The molecular formula is C18H22N2O3. The van der Waals surface area contributed by atoms with E-state index in [4.69, 9.17) is 15.6 Å². The van der Waals surface area contributed by atoms with Crippen molar-refractivity contribution in [1.82, 2.24) is 0 Å². The maximum absolute atomic E-state index is 11.9. The van der Waals surface area contributed by atoms with Crippen LogP contribution in [0.25, 0.3) is 0 Å². The number of nitrogens with one attached hydrogen (secondary N) is 1. The Balaban J connectivity index is 2.46. The minimum absolute atomic E-state index is 0.103. The van der Waals surface area contributed by atoms with Gasteiger partial charge in [-0.1, -0.05) is 23.8 Å². The summed E-state index contributed by atoms with van der Waals surface area (Å²) in [6.07, 6.45) is 0. The Morgan fingerprint density at radius 2 is 1.87 bits per heavy atom. The SMILES string of the molecule is Cc1cc(C)c(Nc2cccc(OCCO)c2C(N)=O)c(C)c1. The van der Waals surface area contributed by atoms with Gasteiger partial charge in [0.2, 0.25) is 0 Å². The fraction of sp³-hybridized carbons (Fsp3) is 0.278. The highest BCUT2D eigenvalue weighted by atomic mass is 16.5. The Labute approximate surface area is 136 Å². The van der Waals surface area contributed by atoms with Crippen LogP contribution in [-0.2, 0) is 0 Å². The molecule has 0 unspecified atom stereocenters. The third-order valence-electron chi connectivity index (χ3n) is 3.56. The minimum atomic E-state index is -0.580. The van der Waals surface area contributed by atoms with Crippen molar-refractivity contribution in [3.8, 4) is 5.75 Å². The van der Waals surface area contributed by atoms with E-state index < -0.39 is 5.91 Å². The Morgan fingerprint density at radius 3 is 2.43 bits per heavy atom. The molecule has 122 valence electrons. The molecule has 0 spiro atoms. The number of hydrogen-bond acceptors (Lipinski definition) is 4. The molecule has 23 heavy (non-hydrogen) atoms. The summed E-state index contributed by atoms with van der Waals surface area (Å²) < 4.78 is 5.41. The van der Waals surface area contributed by atoms with Crippen LogP contribution in [0.4, 0.5) is 11.4 Å². The van der Waals surface area contributed by atoms with Crippen molar-refractivity contribution in [3.63, 3.8) is 0 Å². The molecule has 0 fully saturated rings. The Bertz CT molecular complexity index is 703. The maximum atomic E-state index is 11.9. The molecule has 0 atom stereocenters. The molecule has 2 aromatic rings. The lowest BCUT2D eigenvalue weighted by molar-refractivity contribution is 0.0995. The van der Waals surface area contributed by atoms with Gasteiger partial charge in [0.1, 0.15) is 17.9 Å². The number of carbonyl (C=O) groups is 1. The molecule has 0 bridgehead atoms. The van der Waals surface area contributed by atoms with E-state index >= 15 is 0 Å². The van der Waals surface area contributed by atoms with Crippen LogP contribution in [0.5, 0.6) is 5.75 Å². The quantitative estimate of drug-likeness (QED) is 0.765. The highest BCUT2D eigenvalue weighted by Crippen LogP contribution is 2.31. The smallest absolute Gasteiger partial charge is 0.254 e. The number of anilines is 2. The topological polar surface area (TPSA) is 84.6 Å². The van der Waals surface area contributed by atoms with E-state index in [0.717, 1.165) is 16.8 Å². The van der Waals surface area contributed by atoms with E-state index in [0.29, 0.717) is 11.4 Å². The number of carbonyl (C=O) groups excluding carboxylic acids is 1. The van der Waals surface area contributed by atoms with Crippen molar-refractivity contribution in [2.45, 2.75) is 20.8 Å². The van der Waals surface area contributed by atoms with Gasteiger partial charge in [0.25, 0.3) is 5.91 Å². The van der Waals surface area contributed by atoms with Gasteiger partial charge in [-0.25, -0.2) is 0 Å². The van der Waals surface area contributed by atoms with E-state index in [1.165, 1.54) is 5.56 Å². The molecule has 0 radical (unpaired) electrons. The number of benzene rings is 2. The van der Waals surface area contributed by atoms with Crippen LogP contribution < -0.4 is 15.8 Å². The zero-order valence-electron chi connectivity index (χ0n) is 13.6. The van der Waals surface area contributed by atoms with Crippen LogP contribution in [0.1, 0.15) is 27.0 Å². The minimum Gasteiger partial charge on any atom is -0.490 e. The van der Waals surface area contributed by atoms with Gasteiger partial charge in [-0.3, -0.25) is 4.79 Å². The summed E-state index contributed by atoms with van der Waals surface area (Å²) in [5.74, 6) is -0.220. The third-order valence-corrected chi connectivity index (χ3v) is 3.56. The molecule has 0 saturated carbocycles. The van der Waals surface area contributed by atoms with Crippen LogP contribution in [0.2, 0.25) is 0 Å². The molecule has 5 heteroatoms. The van der Waals surface area contributed by atoms with Crippen molar-refractivity contribution in [2.75, 3.05) is 18.5 Å². The van der Waals surface area contributed by atoms with Crippen LogP contribution in [-0.4, -0.2) is 24.2 Å². The zero-order valence-corrected chi connectivity index (χ0v) is 13.6. The summed E-state index contributed by atoms with van der Waals surface area (Å²) in [5.41, 5.74) is 10.7. The number of aryl methyl sites for hydroxylation is 3. The van der Waals surface area contributed by atoms with Crippen molar-refractivity contribution >= 4 is 17.3 Å². The van der Waals surface area contributed by atoms with Crippen LogP contribution in [0.15, 0.2) is 30.3 Å². The van der Waals surface area contributed by atoms with Crippen LogP contribution in [0, 0.1) is 20.8 Å². The monoisotopic (exact) mass is 314 g/mol. The molecule has 0 saturated heterocycles. The first-order valence-corrected chi connectivity index (χ1v) is 7.45. The average molecular weight is 314 g/mol. The van der Waals surface area contributed by atoms with Gasteiger partial charge >= 0.3 is 0 Å². The van der Waals surface area contributed by atoms with Gasteiger partial charge in [-0.15, -0.1) is 0 Å².